The molecule has 248 valence electrons. The fourth-order valence-electron chi connectivity index (χ4n) is 5.15. The number of carbonyl (C=O) groups excluding carboxylic acids is 2. The first-order chi connectivity index (χ1) is 21.6. The van der Waals surface area contributed by atoms with Gasteiger partial charge < -0.3 is 42.1 Å². The van der Waals surface area contributed by atoms with Gasteiger partial charge in [0.05, 0.1) is 18.3 Å². The van der Waals surface area contributed by atoms with Crippen molar-refractivity contribution in [3.63, 3.8) is 0 Å². The largest absolute Gasteiger partial charge is 1.00 e. The van der Waals surface area contributed by atoms with Gasteiger partial charge in [0, 0.05) is 30.4 Å². The number of carbonyl (C=O) groups is 2. The number of aliphatic hydroxyl groups is 3. The van der Waals surface area contributed by atoms with Crippen LogP contribution in [0.3, 0.4) is 0 Å². The molecule has 0 spiro atoms. The van der Waals surface area contributed by atoms with E-state index in [1.54, 1.807) is 31.2 Å². The Morgan fingerprint density at radius 1 is 1.13 bits per heavy atom. The first-order valence-corrected chi connectivity index (χ1v) is 13.9. The lowest BCUT2D eigenvalue weighted by molar-refractivity contribution is -0.915. The van der Waals surface area contributed by atoms with Crippen LogP contribution in [0, 0.1) is 11.6 Å². The van der Waals surface area contributed by atoms with Gasteiger partial charge in [0.1, 0.15) is 37.2 Å². The van der Waals surface area contributed by atoms with Crippen molar-refractivity contribution in [3.8, 4) is 5.69 Å². The Morgan fingerprint density at radius 2 is 1.87 bits per heavy atom. The fourth-order valence-corrected chi connectivity index (χ4v) is 5.15. The number of rotatable bonds is 12. The minimum atomic E-state index is -2.03. The Hall–Kier alpha value is -4.49. The second-order valence-corrected chi connectivity index (χ2v) is 10.5. The highest BCUT2D eigenvalue weighted by molar-refractivity contribution is 5.94. The number of aliphatic hydroxyl groups excluding tert-OH is 2. The molecule has 46 heavy (non-hydrogen) atoms. The molecule has 2 aromatic carbocycles. The maximum absolute atomic E-state index is 15.2. The molecule has 5 rings (SSSR count). The Balaban J connectivity index is 0.00000480. The van der Waals surface area contributed by atoms with Gasteiger partial charge in [0.15, 0.2) is 25.3 Å². The normalized spacial score (nSPS) is 18.7. The van der Waals surface area contributed by atoms with Gasteiger partial charge >= 0.3 is 12.2 Å². The van der Waals surface area contributed by atoms with Crippen molar-refractivity contribution in [2.45, 2.75) is 24.7 Å². The Bertz CT molecular complexity index is 1520. The monoisotopic (exact) mass is 667 g/mol. The molecule has 4 atom stereocenters. The topological polar surface area (TPSA) is 183 Å². The summed E-state index contributed by atoms with van der Waals surface area (Å²) in [6.45, 7) is 0.615. The van der Waals surface area contributed by atoms with Crippen LogP contribution in [0.1, 0.15) is 12.5 Å². The molecule has 1 unspecified atom stereocenters. The third-order valence-electron chi connectivity index (χ3n) is 7.59. The maximum atomic E-state index is 15.2. The lowest BCUT2D eigenvalue weighted by atomic mass is 9.85. The predicted molar refractivity (Wildman–Crippen MR) is 150 cm³/mol. The zero-order valence-electron chi connectivity index (χ0n) is 24.5. The maximum Gasteiger partial charge on any atom is 0.510 e. The summed E-state index contributed by atoms with van der Waals surface area (Å²) in [7, 11) is 0. The molecule has 0 bridgehead atoms. The van der Waals surface area contributed by atoms with Crippen molar-refractivity contribution < 1.29 is 60.6 Å². The van der Waals surface area contributed by atoms with Crippen LogP contribution in [0.2, 0.25) is 0 Å². The molecule has 0 saturated carbocycles. The number of ether oxygens (including phenoxy) is 2. The summed E-state index contributed by atoms with van der Waals surface area (Å²) in [5.41, 5.74) is -0.960. The third-order valence-corrected chi connectivity index (χ3v) is 7.59. The second-order valence-electron chi connectivity index (χ2n) is 10.5. The Labute approximate surface area is 267 Å². The molecule has 19 heteroatoms. The molecular formula is C27H32ClF2N9O7. The molecule has 2 amide bonds. The number of hydrogen-bond acceptors (Lipinski definition) is 12. The number of tetrazole rings is 1. The van der Waals surface area contributed by atoms with Gasteiger partial charge in [-0.05, 0) is 53.7 Å². The molecule has 0 aliphatic carbocycles. The Morgan fingerprint density at radius 3 is 2.54 bits per heavy atom. The number of halogens is 3. The van der Waals surface area contributed by atoms with Crippen LogP contribution in [0.15, 0.2) is 53.9 Å². The molecule has 3 heterocycles. The van der Waals surface area contributed by atoms with Crippen LogP contribution >= 0.6 is 0 Å². The summed E-state index contributed by atoms with van der Waals surface area (Å²) in [5, 5.41) is 46.0. The number of nitrogens with zero attached hydrogens (tertiary/aromatic N) is 8. The van der Waals surface area contributed by atoms with Crippen molar-refractivity contribution in [2.24, 2.45) is 5.10 Å². The molecule has 1 fully saturated rings. The van der Waals surface area contributed by atoms with E-state index in [1.165, 1.54) is 32.0 Å². The van der Waals surface area contributed by atoms with E-state index in [4.69, 9.17) is 14.6 Å². The molecule has 1 aromatic heterocycles. The van der Waals surface area contributed by atoms with Crippen LogP contribution in [-0.4, -0.2) is 122 Å². The number of quaternary nitrogens is 1. The number of urea groups is 1. The summed E-state index contributed by atoms with van der Waals surface area (Å²) in [5.74, 6) is -1.81. The molecule has 0 radical (unpaired) electrons. The predicted octanol–water partition coefficient (Wildman–Crippen LogP) is -3.97. The number of nitrogens with one attached hydrogen (secondary N) is 1. The van der Waals surface area contributed by atoms with Crippen LogP contribution in [0.25, 0.3) is 5.69 Å². The zero-order chi connectivity index (χ0) is 32.1. The minimum Gasteiger partial charge on any atom is -1.00 e. The first-order valence-electron chi connectivity index (χ1n) is 13.9. The van der Waals surface area contributed by atoms with Crippen LogP contribution in [-0.2, 0) is 15.1 Å². The van der Waals surface area contributed by atoms with Gasteiger partial charge in [0.2, 0.25) is 0 Å². The van der Waals surface area contributed by atoms with Gasteiger partial charge in [-0.15, -0.1) is 5.10 Å². The lowest BCUT2D eigenvalue weighted by Gasteiger charge is -2.39. The van der Waals surface area contributed by atoms with E-state index in [2.05, 4.69) is 20.6 Å². The molecule has 4 N–H and O–H groups in total. The highest BCUT2D eigenvalue weighted by Crippen LogP contribution is 2.33. The quantitative estimate of drug-likeness (QED) is 0.138. The number of hydrogen-bond donors (Lipinski definition) is 4. The van der Waals surface area contributed by atoms with E-state index < -0.39 is 54.8 Å². The molecule has 1 saturated heterocycles. The molecule has 16 nitrogen and oxygen atoms in total. The van der Waals surface area contributed by atoms with Gasteiger partial charge in [-0.2, -0.15) is 5.01 Å². The number of aromatic nitrogens is 4. The average molecular weight is 668 g/mol. The van der Waals surface area contributed by atoms with E-state index in [-0.39, 0.29) is 44.5 Å². The third kappa shape index (κ3) is 7.48. The van der Waals surface area contributed by atoms with Gasteiger partial charge in [-0.3, -0.25) is 9.80 Å². The van der Waals surface area contributed by atoms with E-state index in [0.29, 0.717) is 29.0 Å². The summed E-state index contributed by atoms with van der Waals surface area (Å²) in [6.07, 6.45) is 0.480. The SMILES string of the molecule is C[C@@H](N1CCN(c2ccc(-n3cnnn3)cc2)C1=O)[C@](O)(C[NH+]1CN(COC(=O)OC[C@@H](O)CO)C=N1)c1ccc(F)cc1F.[Cl-]. The molecule has 2 aliphatic rings. The van der Waals surface area contributed by atoms with Gasteiger partial charge in [-0.25, -0.2) is 23.1 Å². The van der Waals surface area contributed by atoms with Crippen molar-refractivity contribution in [1.82, 2.24) is 30.0 Å². The summed E-state index contributed by atoms with van der Waals surface area (Å²) < 4.78 is 40.2. The van der Waals surface area contributed by atoms with Crippen molar-refractivity contribution in [3.05, 3.63) is 66.0 Å². The van der Waals surface area contributed by atoms with Crippen molar-refractivity contribution in [2.75, 3.05) is 51.1 Å². The fraction of sp³-hybridized carbons (Fsp3) is 0.407. The van der Waals surface area contributed by atoms with E-state index >= 15 is 4.39 Å². The number of anilines is 1. The average Bonchev–Trinajstić information content (AvgIpc) is 3.80. The first kappa shape index (κ1) is 34.4. The highest BCUT2D eigenvalue weighted by Gasteiger charge is 2.49. The molecular weight excluding hydrogens is 636 g/mol. The molecule has 2 aliphatic heterocycles. The van der Waals surface area contributed by atoms with Crippen molar-refractivity contribution >= 4 is 24.2 Å². The summed E-state index contributed by atoms with van der Waals surface area (Å²) in [4.78, 5) is 29.8. The van der Waals surface area contributed by atoms with Crippen LogP contribution in [0.5, 0.6) is 0 Å². The molecule has 3 aromatic rings. The number of amides is 2. The van der Waals surface area contributed by atoms with Gasteiger partial charge in [-0.1, -0.05) is 5.10 Å². The van der Waals surface area contributed by atoms with E-state index in [9.17, 15) is 24.2 Å². The zero-order valence-corrected chi connectivity index (χ0v) is 25.2. The van der Waals surface area contributed by atoms with E-state index in [0.717, 1.165) is 12.1 Å². The minimum absolute atomic E-state index is 0. The summed E-state index contributed by atoms with van der Waals surface area (Å²) in [6, 6.07) is 8.40. The summed E-state index contributed by atoms with van der Waals surface area (Å²) >= 11 is 0. The number of benzene rings is 2. The second kappa shape index (κ2) is 14.7. The Kier molecular flexibility index (Phi) is 11.0. The smallest absolute Gasteiger partial charge is 0.510 e. The lowest BCUT2D eigenvalue weighted by Crippen LogP contribution is -3.09. The van der Waals surface area contributed by atoms with E-state index in [1.807, 2.05) is 0 Å². The van der Waals surface area contributed by atoms with Crippen LogP contribution < -0.4 is 22.3 Å². The van der Waals surface area contributed by atoms with Crippen LogP contribution in [0.4, 0.5) is 24.1 Å². The highest BCUT2D eigenvalue weighted by atomic mass is 35.5. The van der Waals surface area contributed by atoms with Gasteiger partial charge in [0.25, 0.3) is 0 Å². The standard InChI is InChI=1S/C27H31F2N9O7.ClH/c1-18(36-8-9-37(25(36)41)20-3-5-21(6-4-20)38-14-30-32-33-38)27(43,23-7-2-19(28)10-24(23)29)13-35-16-34(15-31-35)17-45-26(42)44-12-22(40)11-39;/h2-7,10,14-15,18,22,39-40,43H,8-9,11-13,16-17H2,1H3;1H/t18-,22+,27-;/m1./s1. The van der Waals surface area contributed by atoms with Crippen molar-refractivity contribution in [1.29, 1.82) is 0 Å².